The van der Waals surface area contributed by atoms with Crippen LogP contribution in [0.5, 0.6) is 0 Å². The highest BCUT2D eigenvalue weighted by molar-refractivity contribution is 5.83. The SMILES string of the molecule is CCNC(=O)[C@H](c1ccccc1)N1CCN(c2ccc([N+](=O)[O-])cc2F)CC1. The summed E-state index contributed by atoms with van der Waals surface area (Å²) in [5, 5.41) is 13.7. The van der Waals surface area contributed by atoms with Gasteiger partial charge in [0.2, 0.25) is 5.91 Å². The predicted molar refractivity (Wildman–Crippen MR) is 105 cm³/mol. The molecule has 28 heavy (non-hydrogen) atoms. The highest BCUT2D eigenvalue weighted by Gasteiger charge is 2.30. The molecule has 1 fully saturated rings. The van der Waals surface area contributed by atoms with Crippen molar-refractivity contribution in [2.45, 2.75) is 13.0 Å². The fourth-order valence-corrected chi connectivity index (χ4v) is 3.52. The first-order valence-electron chi connectivity index (χ1n) is 9.27. The van der Waals surface area contributed by atoms with E-state index < -0.39 is 16.8 Å². The van der Waals surface area contributed by atoms with Crippen molar-refractivity contribution in [2.75, 3.05) is 37.6 Å². The van der Waals surface area contributed by atoms with E-state index in [1.165, 1.54) is 12.1 Å². The molecular formula is C20H23FN4O3. The summed E-state index contributed by atoms with van der Waals surface area (Å²) >= 11 is 0. The number of non-ortho nitro benzene ring substituents is 1. The number of hydrogen-bond donors (Lipinski definition) is 1. The Hall–Kier alpha value is -3.00. The molecule has 0 aliphatic carbocycles. The third-order valence-corrected chi connectivity index (χ3v) is 4.88. The van der Waals surface area contributed by atoms with Crippen molar-refractivity contribution in [2.24, 2.45) is 0 Å². The van der Waals surface area contributed by atoms with Crippen molar-refractivity contribution in [1.29, 1.82) is 0 Å². The van der Waals surface area contributed by atoms with Crippen LogP contribution in [0, 0.1) is 15.9 Å². The number of likely N-dealkylation sites (N-methyl/N-ethyl adjacent to an activating group) is 1. The number of nitro benzene ring substituents is 1. The summed E-state index contributed by atoms with van der Waals surface area (Å²) in [5.74, 6) is -0.658. The number of nitrogens with zero attached hydrogens (tertiary/aromatic N) is 3. The van der Waals surface area contributed by atoms with E-state index in [9.17, 15) is 19.3 Å². The number of nitrogens with one attached hydrogen (secondary N) is 1. The fourth-order valence-electron chi connectivity index (χ4n) is 3.52. The fraction of sp³-hybridized carbons (Fsp3) is 0.350. The third kappa shape index (κ3) is 4.28. The van der Waals surface area contributed by atoms with Gasteiger partial charge in [0.25, 0.3) is 5.69 Å². The van der Waals surface area contributed by atoms with Crippen LogP contribution in [0.3, 0.4) is 0 Å². The summed E-state index contributed by atoms with van der Waals surface area (Å²) in [6.45, 7) is 4.64. The molecule has 0 unspecified atom stereocenters. The molecule has 148 valence electrons. The first kappa shape index (κ1) is 19.8. The van der Waals surface area contributed by atoms with Gasteiger partial charge in [0.15, 0.2) is 5.82 Å². The average molecular weight is 386 g/mol. The number of piperazine rings is 1. The minimum Gasteiger partial charge on any atom is -0.367 e. The summed E-state index contributed by atoms with van der Waals surface area (Å²) in [6, 6.07) is 12.9. The lowest BCUT2D eigenvalue weighted by Gasteiger charge is -2.39. The Morgan fingerprint density at radius 2 is 1.86 bits per heavy atom. The van der Waals surface area contributed by atoms with E-state index in [0.29, 0.717) is 38.4 Å². The first-order chi connectivity index (χ1) is 13.5. The van der Waals surface area contributed by atoms with Crippen LogP contribution >= 0.6 is 0 Å². The Kier molecular flexibility index (Phi) is 6.20. The smallest absolute Gasteiger partial charge is 0.272 e. The summed E-state index contributed by atoms with van der Waals surface area (Å²) in [5.41, 5.74) is 1.00. The lowest BCUT2D eigenvalue weighted by Crippen LogP contribution is -2.51. The molecule has 1 amide bonds. The Labute approximate surface area is 162 Å². The van der Waals surface area contributed by atoms with E-state index in [1.807, 2.05) is 42.2 Å². The second-order valence-electron chi connectivity index (χ2n) is 6.62. The Morgan fingerprint density at radius 3 is 2.43 bits per heavy atom. The highest BCUT2D eigenvalue weighted by atomic mass is 19.1. The number of benzene rings is 2. The van der Waals surface area contributed by atoms with E-state index in [0.717, 1.165) is 11.6 Å². The summed E-state index contributed by atoms with van der Waals surface area (Å²) < 4.78 is 14.3. The quantitative estimate of drug-likeness (QED) is 0.610. The molecule has 1 aliphatic rings. The van der Waals surface area contributed by atoms with Crippen molar-refractivity contribution < 1.29 is 14.1 Å². The van der Waals surface area contributed by atoms with Crippen LogP contribution in [0.1, 0.15) is 18.5 Å². The van der Waals surface area contributed by atoms with Crippen LogP contribution in [0.4, 0.5) is 15.8 Å². The van der Waals surface area contributed by atoms with E-state index in [1.54, 1.807) is 0 Å². The van der Waals surface area contributed by atoms with Gasteiger partial charge in [-0.2, -0.15) is 0 Å². The van der Waals surface area contributed by atoms with E-state index in [-0.39, 0.29) is 11.6 Å². The standard InChI is InChI=1S/C20H23FN4O3/c1-2-22-20(26)19(15-6-4-3-5-7-15)24-12-10-23(11-13-24)18-9-8-16(25(27)28)14-17(18)21/h3-9,14,19H,2,10-13H2,1H3,(H,22,26)/t19-/m0/s1. The third-order valence-electron chi connectivity index (χ3n) is 4.88. The molecule has 0 aromatic heterocycles. The van der Waals surface area contributed by atoms with Gasteiger partial charge in [-0.25, -0.2) is 4.39 Å². The van der Waals surface area contributed by atoms with Gasteiger partial charge >= 0.3 is 0 Å². The maximum Gasteiger partial charge on any atom is 0.272 e. The molecule has 1 heterocycles. The van der Waals surface area contributed by atoms with Gasteiger partial charge < -0.3 is 10.2 Å². The largest absolute Gasteiger partial charge is 0.367 e. The average Bonchev–Trinajstić information content (AvgIpc) is 2.70. The van der Waals surface area contributed by atoms with Gasteiger partial charge in [-0.1, -0.05) is 30.3 Å². The molecule has 3 rings (SSSR count). The molecule has 0 radical (unpaired) electrons. The summed E-state index contributed by atoms with van der Waals surface area (Å²) in [6.07, 6.45) is 0. The molecule has 8 heteroatoms. The molecule has 2 aromatic carbocycles. The van der Waals surface area contributed by atoms with Crippen molar-refractivity contribution in [3.8, 4) is 0 Å². The number of rotatable bonds is 6. The van der Waals surface area contributed by atoms with Gasteiger partial charge in [0.05, 0.1) is 16.7 Å². The maximum absolute atomic E-state index is 14.3. The van der Waals surface area contributed by atoms with Gasteiger partial charge in [0, 0.05) is 38.8 Å². The molecule has 1 N–H and O–H groups in total. The molecule has 1 aliphatic heterocycles. The molecule has 1 saturated heterocycles. The van der Waals surface area contributed by atoms with Crippen LogP contribution in [0.25, 0.3) is 0 Å². The molecule has 2 aromatic rings. The van der Waals surface area contributed by atoms with E-state index in [4.69, 9.17) is 0 Å². The molecule has 0 spiro atoms. The zero-order valence-electron chi connectivity index (χ0n) is 15.7. The minimum atomic E-state index is -0.610. The number of carbonyl (C=O) groups is 1. The van der Waals surface area contributed by atoms with Crippen LogP contribution in [-0.2, 0) is 4.79 Å². The number of amides is 1. The van der Waals surface area contributed by atoms with Crippen molar-refractivity contribution in [1.82, 2.24) is 10.2 Å². The van der Waals surface area contributed by atoms with Crippen LogP contribution < -0.4 is 10.2 Å². The predicted octanol–water partition coefficient (Wildman–Crippen LogP) is 2.73. The summed E-state index contributed by atoms with van der Waals surface area (Å²) in [7, 11) is 0. The van der Waals surface area contributed by atoms with Crippen LogP contribution in [-0.4, -0.2) is 48.5 Å². The van der Waals surface area contributed by atoms with Crippen molar-refractivity contribution in [3.05, 3.63) is 70.0 Å². The Bertz CT molecular complexity index is 839. The molecule has 0 bridgehead atoms. The number of carbonyl (C=O) groups excluding carboxylic acids is 1. The topological polar surface area (TPSA) is 78.7 Å². The van der Waals surface area contributed by atoms with Crippen molar-refractivity contribution in [3.63, 3.8) is 0 Å². The lowest BCUT2D eigenvalue weighted by atomic mass is 10.0. The minimum absolute atomic E-state index is 0.0522. The van der Waals surface area contributed by atoms with Gasteiger partial charge in [-0.05, 0) is 18.6 Å². The molecule has 1 atom stereocenters. The zero-order chi connectivity index (χ0) is 20.1. The summed E-state index contributed by atoms with van der Waals surface area (Å²) in [4.78, 5) is 26.8. The molecule has 0 saturated carbocycles. The van der Waals surface area contributed by atoms with E-state index >= 15 is 0 Å². The van der Waals surface area contributed by atoms with Gasteiger partial charge in [-0.15, -0.1) is 0 Å². The zero-order valence-corrected chi connectivity index (χ0v) is 15.7. The Morgan fingerprint density at radius 1 is 1.18 bits per heavy atom. The lowest BCUT2D eigenvalue weighted by molar-refractivity contribution is -0.385. The monoisotopic (exact) mass is 386 g/mol. The van der Waals surface area contributed by atoms with Gasteiger partial charge in [-0.3, -0.25) is 19.8 Å². The maximum atomic E-state index is 14.3. The van der Waals surface area contributed by atoms with E-state index in [2.05, 4.69) is 10.2 Å². The number of anilines is 1. The van der Waals surface area contributed by atoms with Crippen molar-refractivity contribution >= 4 is 17.3 Å². The highest BCUT2D eigenvalue weighted by Crippen LogP contribution is 2.28. The Balaban J connectivity index is 1.74. The van der Waals surface area contributed by atoms with Crippen LogP contribution in [0.2, 0.25) is 0 Å². The van der Waals surface area contributed by atoms with Gasteiger partial charge in [0.1, 0.15) is 6.04 Å². The second-order valence-corrected chi connectivity index (χ2v) is 6.62. The second kappa shape index (κ2) is 8.79. The number of hydrogen-bond acceptors (Lipinski definition) is 5. The number of halogens is 1. The molecule has 7 nitrogen and oxygen atoms in total. The number of nitro groups is 1. The van der Waals surface area contributed by atoms with Crippen LogP contribution in [0.15, 0.2) is 48.5 Å². The normalized spacial score (nSPS) is 15.9. The molecular weight excluding hydrogens is 363 g/mol. The first-order valence-corrected chi connectivity index (χ1v) is 9.27.